The van der Waals surface area contributed by atoms with Crippen LogP contribution in [0.25, 0.3) is 0 Å². The van der Waals surface area contributed by atoms with Crippen LogP contribution >= 0.6 is 0 Å². The maximum Gasteiger partial charge on any atom is 0.296 e. The highest BCUT2D eigenvalue weighted by Crippen LogP contribution is 2.48. The van der Waals surface area contributed by atoms with E-state index in [0.717, 1.165) is 0 Å². The lowest BCUT2D eigenvalue weighted by molar-refractivity contribution is 0.0866. The lowest BCUT2D eigenvalue weighted by atomic mass is 10.4. The second-order valence-corrected chi connectivity index (χ2v) is 5.33. The first-order valence-electron chi connectivity index (χ1n) is 4.74. The maximum absolute atomic E-state index is 12.5. The van der Waals surface area contributed by atoms with Gasteiger partial charge in [0.2, 0.25) is 0 Å². The van der Waals surface area contributed by atoms with Crippen LogP contribution in [0.1, 0.15) is 6.42 Å². The molecule has 0 N–H and O–H groups in total. The molecule has 6 heteroatoms. The first-order chi connectivity index (χ1) is 7.42. The Morgan fingerprint density at radius 3 is 2.38 bits per heavy atom. The van der Waals surface area contributed by atoms with Gasteiger partial charge in [0.1, 0.15) is 0 Å². The molecule has 1 saturated carbocycles. The molecule has 0 radical (unpaired) electrons. The molecular formula is C10H10F2O3S. The first-order valence-corrected chi connectivity index (χ1v) is 6.15. The monoisotopic (exact) mass is 248 g/mol. The SMILES string of the molecule is O=S(=O)(OCC1CC1(F)F)c1ccccc1. The van der Waals surface area contributed by atoms with Gasteiger partial charge in [-0.2, -0.15) is 8.42 Å². The van der Waals surface area contributed by atoms with Crippen molar-refractivity contribution in [3.63, 3.8) is 0 Å². The Kier molecular flexibility index (Phi) is 2.71. The zero-order chi connectivity index (χ0) is 11.8. The standard InChI is InChI=1S/C10H10F2O3S/c11-10(12)6-8(10)7-15-16(13,14)9-4-2-1-3-5-9/h1-5,8H,6-7H2. The molecule has 0 aliphatic heterocycles. The van der Waals surface area contributed by atoms with Crippen LogP contribution in [-0.2, 0) is 14.3 Å². The summed E-state index contributed by atoms with van der Waals surface area (Å²) in [5.41, 5.74) is 0. The zero-order valence-electron chi connectivity index (χ0n) is 8.27. The summed E-state index contributed by atoms with van der Waals surface area (Å²) in [6, 6.07) is 7.47. The molecule has 0 aromatic heterocycles. The van der Waals surface area contributed by atoms with Gasteiger partial charge >= 0.3 is 0 Å². The van der Waals surface area contributed by atoms with Gasteiger partial charge in [-0.05, 0) is 12.1 Å². The van der Waals surface area contributed by atoms with Gasteiger partial charge in [-0.3, -0.25) is 4.18 Å². The lowest BCUT2D eigenvalue weighted by Gasteiger charge is -2.04. The van der Waals surface area contributed by atoms with Crippen molar-refractivity contribution in [1.29, 1.82) is 0 Å². The highest BCUT2D eigenvalue weighted by Gasteiger charge is 2.57. The van der Waals surface area contributed by atoms with Gasteiger partial charge in [0, 0.05) is 6.42 Å². The van der Waals surface area contributed by atoms with Crippen molar-refractivity contribution in [3.05, 3.63) is 30.3 Å². The minimum atomic E-state index is -3.90. The summed E-state index contributed by atoms with van der Waals surface area (Å²) in [7, 11) is -3.90. The molecule has 1 aliphatic rings. The van der Waals surface area contributed by atoms with Crippen molar-refractivity contribution in [2.24, 2.45) is 5.92 Å². The molecule has 2 rings (SSSR count). The Labute approximate surface area is 92.2 Å². The highest BCUT2D eigenvalue weighted by atomic mass is 32.2. The van der Waals surface area contributed by atoms with Crippen LogP contribution in [0, 0.1) is 5.92 Å². The summed E-state index contributed by atoms with van der Waals surface area (Å²) in [5.74, 6) is -3.72. The quantitative estimate of drug-likeness (QED) is 0.766. The maximum atomic E-state index is 12.5. The normalized spacial score (nSPS) is 23.0. The molecule has 3 nitrogen and oxygen atoms in total. The topological polar surface area (TPSA) is 43.4 Å². The van der Waals surface area contributed by atoms with Crippen molar-refractivity contribution in [2.75, 3.05) is 6.61 Å². The fourth-order valence-corrected chi connectivity index (χ4v) is 2.25. The number of benzene rings is 1. The van der Waals surface area contributed by atoms with E-state index in [4.69, 9.17) is 0 Å². The van der Waals surface area contributed by atoms with E-state index >= 15 is 0 Å². The third-order valence-corrected chi connectivity index (χ3v) is 3.71. The Balaban J connectivity index is 2.00. The summed E-state index contributed by atoms with van der Waals surface area (Å²) in [6.45, 7) is -0.454. The predicted molar refractivity (Wildman–Crippen MR) is 52.6 cm³/mol. The molecule has 16 heavy (non-hydrogen) atoms. The summed E-state index contributed by atoms with van der Waals surface area (Å²) in [6.07, 6.45) is -0.294. The van der Waals surface area contributed by atoms with Crippen molar-refractivity contribution in [1.82, 2.24) is 0 Å². The van der Waals surface area contributed by atoms with E-state index < -0.39 is 28.6 Å². The van der Waals surface area contributed by atoms with Gasteiger partial charge in [-0.25, -0.2) is 8.78 Å². The van der Waals surface area contributed by atoms with E-state index in [9.17, 15) is 17.2 Å². The average Bonchev–Trinajstić information content (AvgIpc) is 2.85. The van der Waals surface area contributed by atoms with Gasteiger partial charge in [-0.15, -0.1) is 0 Å². The Bertz CT molecular complexity index is 470. The third kappa shape index (κ3) is 2.38. The van der Waals surface area contributed by atoms with Crippen molar-refractivity contribution in [3.8, 4) is 0 Å². The molecule has 0 heterocycles. The largest absolute Gasteiger partial charge is 0.296 e. The predicted octanol–water partition coefficient (Wildman–Crippen LogP) is 2.05. The number of rotatable bonds is 4. The molecule has 0 spiro atoms. The van der Waals surface area contributed by atoms with E-state index in [-0.39, 0.29) is 11.3 Å². The van der Waals surface area contributed by atoms with Crippen LogP contribution in [0.2, 0.25) is 0 Å². The Morgan fingerprint density at radius 1 is 1.31 bits per heavy atom. The molecule has 1 aromatic rings. The highest BCUT2D eigenvalue weighted by molar-refractivity contribution is 7.86. The summed E-state index contributed by atoms with van der Waals surface area (Å²) in [4.78, 5) is -0.0148. The van der Waals surface area contributed by atoms with Gasteiger partial charge < -0.3 is 0 Å². The van der Waals surface area contributed by atoms with Crippen molar-refractivity contribution < 1.29 is 21.4 Å². The molecule has 1 atom stereocenters. The molecule has 1 unspecified atom stereocenters. The van der Waals surface area contributed by atoms with Gasteiger partial charge in [-0.1, -0.05) is 18.2 Å². The number of hydrogen-bond acceptors (Lipinski definition) is 3. The molecular weight excluding hydrogens is 238 g/mol. The van der Waals surface area contributed by atoms with Crippen LogP contribution in [0.15, 0.2) is 35.2 Å². The summed E-state index contributed by atoms with van der Waals surface area (Å²) >= 11 is 0. The third-order valence-electron chi connectivity index (χ3n) is 2.41. The number of alkyl halides is 2. The van der Waals surface area contributed by atoms with Crippen LogP contribution in [0.4, 0.5) is 8.78 Å². The summed E-state index contributed by atoms with van der Waals surface area (Å²) in [5, 5.41) is 0. The Hall–Kier alpha value is -1.01. The van der Waals surface area contributed by atoms with E-state index in [1.54, 1.807) is 18.2 Å². The fraction of sp³-hybridized carbons (Fsp3) is 0.400. The Morgan fingerprint density at radius 2 is 1.88 bits per heavy atom. The minimum Gasteiger partial charge on any atom is -0.266 e. The molecule has 88 valence electrons. The van der Waals surface area contributed by atoms with Crippen molar-refractivity contribution >= 4 is 10.1 Å². The molecule has 0 amide bonds. The van der Waals surface area contributed by atoms with Crippen LogP contribution in [-0.4, -0.2) is 20.9 Å². The molecule has 1 aliphatic carbocycles. The summed E-state index contributed by atoms with van der Waals surface area (Å²) < 4.78 is 52.6. The van der Waals surface area contributed by atoms with Crippen molar-refractivity contribution in [2.45, 2.75) is 17.2 Å². The van der Waals surface area contributed by atoms with Gasteiger partial charge in [0.25, 0.3) is 16.0 Å². The second kappa shape index (κ2) is 3.78. The smallest absolute Gasteiger partial charge is 0.266 e. The van der Waals surface area contributed by atoms with E-state index in [0.29, 0.717) is 0 Å². The van der Waals surface area contributed by atoms with Gasteiger partial charge in [0.05, 0.1) is 17.4 Å². The second-order valence-electron chi connectivity index (χ2n) is 3.71. The minimum absolute atomic E-state index is 0.0148. The lowest BCUT2D eigenvalue weighted by Crippen LogP contribution is -2.11. The van der Waals surface area contributed by atoms with E-state index in [1.165, 1.54) is 12.1 Å². The molecule has 1 fully saturated rings. The van der Waals surface area contributed by atoms with E-state index in [1.807, 2.05) is 0 Å². The average molecular weight is 248 g/mol. The van der Waals surface area contributed by atoms with Crippen LogP contribution < -0.4 is 0 Å². The van der Waals surface area contributed by atoms with Gasteiger partial charge in [0.15, 0.2) is 0 Å². The molecule has 0 bridgehead atoms. The molecule has 1 aromatic carbocycles. The number of halogens is 2. The zero-order valence-corrected chi connectivity index (χ0v) is 9.08. The van der Waals surface area contributed by atoms with Crippen LogP contribution in [0.5, 0.6) is 0 Å². The van der Waals surface area contributed by atoms with Crippen LogP contribution in [0.3, 0.4) is 0 Å². The molecule has 0 saturated heterocycles. The number of hydrogen-bond donors (Lipinski definition) is 0. The first kappa shape index (κ1) is 11.5. The van der Waals surface area contributed by atoms with E-state index in [2.05, 4.69) is 4.18 Å². The fourth-order valence-electron chi connectivity index (χ4n) is 1.28.